The summed E-state index contributed by atoms with van der Waals surface area (Å²) in [5.41, 5.74) is 3.85. The van der Waals surface area contributed by atoms with E-state index in [1.54, 1.807) is 11.8 Å². The third-order valence-electron chi connectivity index (χ3n) is 4.67. The number of thioether (sulfide) groups is 1. The predicted molar refractivity (Wildman–Crippen MR) is 122 cm³/mol. The van der Waals surface area contributed by atoms with Crippen molar-refractivity contribution < 1.29 is 9.53 Å². The molecule has 0 fully saturated rings. The molecule has 0 saturated carbocycles. The van der Waals surface area contributed by atoms with E-state index in [0.717, 1.165) is 21.9 Å². The van der Waals surface area contributed by atoms with Gasteiger partial charge in [0.15, 0.2) is 0 Å². The average molecular weight is 406 g/mol. The summed E-state index contributed by atoms with van der Waals surface area (Å²) in [7, 11) is 0. The molecule has 4 heteroatoms. The van der Waals surface area contributed by atoms with Gasteiger partial charge in [-0.05, 0) is 65.3 Å². The fourth-order valence-corrected chi connectivity index (χ4v) is 3.33. The van der Waals surface area contributed by atoms with Gasteiger partial charge in [0.1, 0.15) is 12.4 Å². The SMILES string of the molecule is CSc1cccc(NC(=O)c2ccc(COc3ccc(C(C)(C)C)cc3)cc2)c1. The van der Waals surface area contributed by atoms with Crippen molar-refractivity contribution in [3.63, 3.8) is 0 Å². The van der Waals surface area contributed by atoms with E-state index in [0.29, 0.717) is 12.2 Å². The summed E-state index contributed by atoms with van der Waals surface area (Å²) in [6.45, 7) is 7.05. The molecule has 0 unspecified atom stereocenters. The van der Waals surface area contributed by atoms with Crippen LogP contribution in [0.3, 0.4) is 0 Å². The molecular formula is C25H27NO2S. The van der Waals surface area contributed by atoms with Crippen molar-refractivity contribution in [3.8, 4) is 5.75 Å². The molecule has 0 aliphatic rings. The Bertz CT molecular complexity index is 957. The van der Waals surface area contributed by atoms with Crippen molar-refractivity contribution in [2.75, 3.05) is 11.6 Å². The molecule has 0 heterocycles. The molecule has 150 valence electrons. The van der Waals surface area contributed by atoms with Crippen LogP contribution in [0.2, 0.25) is 0 Å². The summed E-state index contributed by atoms with van der Waals surface area (Å²) >= 11 is 1.65. The fourth-order valence-electron chi connectivity index (χ4n) is 2.87. The third kappa shape index (κ3) is 5.88. The van der Waals surface area contributed by atoms with Crippen molar-refractivity contribution in [2.24, 2.45) is 0 Å². The molecule has 0 aliphatic heterocycles. The summed E-state index contributed by atoms with van der Waals surface area (Å²) in [6.07, 6.45) is 2.01. The van der Waals surface area contributed by atoms with Crippen LogP contribution in [0.5, 0.6) is 5.75 Å². The highest BCUT2D eigenvalue weighted by atomic mass is 32.2. The zero-order chi connectivity index (χ0) is 20.9. The topological polar surface area (TPSA) is 38.3 Å². The quantitative estimate of drug-likeness (QED) is 0.473. The van der Waals surface area contributed by atoms with Crippen LogP contribution in [-0.2, 0) is 12.0 Å². The minimum atomic E-state index is -0.117. The number of nitrogens with one attached hydrogen (secondary N) is 1. The first-order valence-corrected chi connectivity index (χ1v) is 10.9. The second-order valence-electron chi connectivity index (χ2n) is 7.95. The Morgan fingerprint density at radius 1 is 0.966 bits per heavy atom. The van der Waals surface area contributed by atoms with Crippen LogP contribution in [0.1, 0.15) is 42.3 Å². The highest BCUT2D eigenvalue weighted by molar-refractivity contribution is 7.98. The van der Waals surface area contributed by atoms with E-state index in [2.05, 4.69) is 38.2 Å². The number of ether oxygens (including phenoxy) is 1. The second-order valence-corrected chi connectivity index (χ2v) is 8.83. The van der Waals surface area contributed by atoms with Gasteiger partial charge < -0.3 is 10.1 Å². The van der Waals surface area contributed by atoms with Gasteiger partial charge in [0.2, 0.25) is 0 Å². The summed E-state index contributed by atoms with van der Waals surface area (Å²) in [4.78, 5) is 13.6. The van der Waals surface area contributed by atoms with Gasteiger partial charge >= 0.3 is 0 Å². The second kappa shape index (κ2) is 9.19. The van der Waals surface area contributed by atoms with Crippen molar-refractivity contribution in [1.29, 1.82) is 0 Å². The molecule has 3 aromatic carbocycles. The lowest BCUT2D eigenvalue weighted by Crippen LogP contribution is -2.12. The maximum absolute atomic E-state index is 12.5. The molecule has 29 heavy (non-hydrogen) atoms. The first-order valence-electron chi connectivity index (χ1n) is 9.63. The molecule has 3 aromatic rings. The minimum Gasteiger partial charge on any atom is -0.489 e. The molecule has 3 rings (SSSR count). The van der Waals surface area contributed by atoms with Crippen molar-refractivity contribution in [2.45, 2.75) is 37.7 Å². The first-order chi connectivity index (χ1) is 13.8. The Morgan fingerprint density at radius 2 is 1.66 bits per heavy atom. The lowest BCUT2D eigenvalue weighted by molar-refractivity contribution is 0.102. The van der Waals surface area contributed by atoms with Crippen LogP contribution in [-0.4, -0.2) is 12.2 Å². The van der Waals surface area contributed by atoms with E-state index in [-0.39, 0.29) is 11.3 Å². The maximum atomic E-state index is 12.5. The molecule has 1 N–H and O–H groups in total. The largest absolute Gasteiger partial charge is 0.489 e. The van der Waals surface area contributed by atoms with Gasteiger partial charge in [-0.25, -0.2) is 0 Å². The molecule has 0 spiro atoms. The number of carbonyl (C=O) groups excluding carboxylic acids is 1. The maximum Gasteiger partial charge on any atom is 0.255 e. The summed E-state index contributed by atoms with van der Waals surface area (Å²) in [6, 6.07) is 23.6. The van der Waals surface area contributed by atoms with Crippen LogP contribution in [0.15, 0.2) is 77.7 Å². The molecular weight excluding hydrogens is 378 g/mol. The Labute approximate surface area is 177 Å². The number of benzene rings is 3. The normalized spacial score (nSPS) is 11.2. The highest BCUT2D eigenvalue weighted by Crippen LogP contribution is 2.25. The Morgan fingerprint density at radius 3 is 2.28 bits per heavy atom. The Kier molecular flexibility index (Phi) is 6.65. The molecule has 0 aliphatic carbocycles. The lowest BCUT2D eigenvalue weighted by atomic mass is 9.87. The summed E-state index contributed by atoms with van der Waals surface area (Å²) in [5.74, 6) is 0.724. The standard InChI is InChI=1S/C25H27NO2S/c1-25(2,3)20-12-14-22(15-13-20)28-17-18-8-10-19(11-9-18)24(27)26-21-6-5-7-23(16-21)29-4/h5-16H,17H2,1-4H3,(H,26,27). The van der Waals surface area contributed by atoms with Crippen LogP contribution < -0.4 is 10.1 Å². The van der Waals surface area contributed by atoms with E-state index < -0.39 is 0 Å². The Hall–Kier alpha value is -2.72. The van der Waals surface area contributed by atoms with Gasteiger partial charge in [-0.15, -0.1) is 11.8 Å². The van der Waals surface area contributed by atoms with Gasteiger partial charge in [-0.1, -0.05) is 51.1 Å². The molecule has 0 bridgehead atoms. The van der Waals surface area contributed by atoms with Crippen LogP contribution >= 0.6 is 11.8 Å². The van der Waals surface area contributed by atoms with Crippen molar-refractivity contribution in [1.82, 2.24) is 0 Å². The van der Waals surface area contributed by atoms with Gasteiger partial charge in [0.05, 0.1) is 0 Å². The van der Waals surface area contributed by atoms with Gasteiger partial charge in [0, 0.05) is 16.1 Å². The van der Waals surface area contributed by atoms with Crippen molar-refractivity contribution in [3.05, 3.63) is 89.5 Å². The van der Waals surface area contributed by atoms with Gasteiger partial charge in [0.25, 0.3) is 5.91 Å². The van der Waals surface area contributed by atoms with Crippen LogP contribution in [0.4, 0.5) is 5.69 Å². The summed E-state index contributed by atoms with van der Waals surface area (Å²) in [5, 5.41) is 2.94. The van der Waals surface area contributed by atoms with Gasteiger partial charge in [-0.2, -0.15) is 0 Å². The third-order valence-corrected chi connectivity index (χ3v) is 5.39. The van der Waals surface area contributed by atoms with E-state index in [1.165, 1.54) is 5.56 Å². The minimum absolute atomic E-state index is 0.117. The molecule has 0 aromatic heterocycles. The van der Waals surface area contributed by atoms with Gasteiger partial charge in [-0.3, -0.25) is 4.79 Å². The smallest absolute Gasteiger partial charge is 0.255 e. The molecule has 0 radical (unpaired) electrons. The first kappa shape index (κ1) is 21.0. The van der Waals surface area contributed by atoms with Crippen LogP contribution in [0, 0.1) is 0 Å². The van der Waals surface area contributed by atoms with E-state index in [1.807, 2.05) is 66.9 Å². The van der Waals surface area contributed by atoms with Crippen molar-refractivity contribution >= 4 is 23.4 Å². The number of carbonyl (C=O) groups is 1. The zero-order valence-electron chi connectivity index (χ0n) is 17.4. The number of hydrogen-bond acceptors (Lipinski definition) is 3. The van der Waals surface area contributed by atoms with E-state index >= 15 is 0 Å². The molecule has 0 saturated heterocycles. The monoisotopic (exact) mass is 405 g/mol. The predicted octanol–water partition coefficient (Wildman–Crippen LogP) is 6.54. The molecule has 3 nitrogen and oxygen atoms in total. The van der Waals surface area contributed by atoms with E-state index in [4.69, 9.17) is 4.74 Å². The number of amides is 1. The van der Waals surface area contributed by atoms with E-state index in [9.17, 15) is 4.79 Å². The molecule has 1 amide bonds. The zero-order valence-corrected chi connectivity index (χ0v) is 18.2. The summed E-state index contributed by atoms with van der Waals surface area (Å²) < 4.78 is 5.88. The Balaban J connectivity index is 1.57. The fraction of sp³-hybridized carbons (Fsp3) is 0.240. The number of hydrogen-bond donors (Lipinski definition) is 1. The number of anilines is 1. The molecule has 0 atom stereocenters. The average Bonchev–Trinajstić information content (AvgIpc) is 2.72. The lowest BCUT2D eigenvalue weighted by Gasteiger charge is -2.19. The number of rotatable bonds is 6. The van der Waals surface area contributed by atoms with Crippen LogP contribution in [0.25, 0.3) is 0 Å². The highest BCUT2D eigenvalue weighted by Gasteiger charge is 2.13.